The highest BCUT2D eigenvalue weighted by atomic mass is 127. The van der Waals surface area contributed by atoms with E-state index in [1.807, 2.05) is 6.07 Å². The average molecular weight is 499 g/mol. The lowest BCUT2D eigenvalue weighted by molar-refractivity contribution is 0.102. The Labute approximate surface area is 140 Å². The summed E-state index contributed by atoms with van der Waals surface area (Å²) in [5.74, 6) is -0.837. The van der Waals surface area contributed by atoms with Gasteiger partial charge in [0.25, 0.3) is 5.91 Å². The van der Waals surface area contributed by atoms with E-state index in [1.54, 1.807) is 18.2 Å². The number of anilines is 1. The van der Waals surface area contributed by atoms with Gasteiger partial charge in [0.1, 0.15) is 5.82 Å². The lowest BCUT2D eigenvalue weighted by atomic mass is 10.2. The first-order chi connectivity index (χ1) is 8.97. The summed E-state index contributed by atoms with van der Waals surface area (Å²) in [5.41, 5.74) is 0.619. The molecular weight excluding hydrogens is 492 g/mol. The number of benzene rings is 2. The van der Waals surface area contributed by atoms with Crippen LogP contribution in [0.1, 0.15) is 10.4 Å². The molecule has 2 rings (SSSR count). The Kier molecular flexibility index (Phi) is 4.97. The van der Waals surface area contributed by atoms with Crippen LogP contribution in [0.4, 0.5) is 10.1 Å². The van der Waals surface area contributed by atoms with E-state index < -0.39 is 5.82 Å². The molecule has 98 valence electrons. The predicted octanol–water partition coefficient (Wildman–Crippen LogP) is 5.21. The topological polar surface area (TPSA) is 29.1 Å². The monoisotopic (exact) mass is 497 g/mol. The Morgan fingerprint density at radius 2 is 1.89 bits per heavy atom. The fraction of sp³-hybridized carbons (Fsp3) is 0. The minimum atomic E-state index is -0.482. The second kappa shape index (κ2) is 6.32. The molecule has 0 bridgehead atoms. The molecule has 0 aliphatic rings. The quantitative estimate of drug-likeness (QED) is 0.566. The van der Waals surface area contributed by atoms with E-state index in [0.29, 0.717) is 14.5 Å². The van der Waals surface area contributed by atoms with Crippen LogP contribution in [0, 0.1) is 9.39 Å². The number of hydrogen-bond donors (Lipinski definition) is 1. The molecule has 2 aromatic rings. The first-order valence-corrected chi connectivity index (χ1v) is 7.85. The molecule has 6 heteroatoms. The maximum Gasteiger partial charge on any atom is 0.256 e. The molecule has 0 spiro atoms. The number of rotatable bonds is 2. The summed E-state index contributed by atoms with van der Waals surface area (Å²) in [6.07, 6.45) is 0. The van der Waals surface area contributed by atoms with Gasteiger partial charge in [0, 0.05) is 12.5 Å². The van der Waals surface area contributed by atoms with Crippen LogP contribution in [0.15, 0.2) is 45.3 Å². The van der Waals surface area contributed by atoms with E-state index >= 15 is 0 Å². The van der Waals surface area contributed by atoms with E-state index in [0.717, 1.165) is 3.57 Å². The highest BCUT2D eigenvalue weighted by Crippen LogP contribution is 2.23. The SMILES string of the molecule is O=C(Nc1ccc(Br)cc1F)c1cc(I)ccc1Br. The number of carbonyl (C=O) groups is 1. The van der Waals surface area contributed by atoms with E-state index in [4.69, 9.17) is 0 Å². The fourth-order valence-electron chi connectivity index (χ4n) is 1.45. The molecule has 0 heterocycles. The van der Waals surface area contributed by atoms with Crippen molar-refractivity contribution in [3.05, 3.63) is 60.3 Å². The van der Waals surface area contributed by atoms with E-state index in [9.17, 15) is 9.18 Å². The van der Waals surface area contributed by atoms with Crippen molar-refractivity contribution < 1.29 is 9.18 Å². The van der Waals surface area contributed by atoms with Gasteiger partial charge in [-0.2, -0.15) is 0 Å². The van der Waals surface area contributed by atoms with Crippen LogP contribution >= 0.6 is 54.5 Å². The molecule has 2 aromatic carbocycles. The van der Waals surface area contributed by atoms with Gasteiger partial charge in [-0.25, -0.2) is 4.39 Å². The smallest absolute Gasteiger partial charge is 0.256 e. The lowest BCUT2D eigenvalue weighted by Gasteiger charge is -2.08. The second-order valence-electron chi connectivity index (χ2n) is 3.70. The van der Waals surface area contributed by atoms with Crippen LogP contribution in [0.3, 0.4) is 0 Å². The summed E-state index contributed by atoms with van der Waals surface area (Å²) in [4.78, 5) is 12.1. The van der Waals surface area contributed by atoms with Gasteiger partial charge in [-0.15, -0.1) is 0 Å². The molecule has 1 amide bonds. The minimum absolute atomic E-state index is 0.152. The normalized spacial score (nSPS) is 10.3. The van der Waals surface area contributed by atoms with Gasteiger partial charge in [-0.1, -0.05) is 15.9 Å². The second-order valence-corrected chi connectivity index (χ2v) is 6.72. The van der Waals surface area contributed by atoms with Crippen molar-refractivity contribution in [2.75, 3.05) is 5.32 Å². The maximum absolute atomic E-state index is 13.6. The summed E-state index contributed by atoms with van der Waals surface area (Å²) in [6.45, 7) is 0. The van der Waals surface area contributed by atoms with Gasteiger partial charge in [-0.3, -0.25) is 4.79 Å². The van der Waals surface area contributed by atoms with Crippen molar-refractivity contribution >= 4 is 66.0 Å². The number of halogens is 4. The molecule has 1 N–H and O–H groups in total. The third kappa shape index (κ3) is 3.76. The zero-order valence-electron chi connectivity index (χ0n) is 9.38. The highest BCUT2D eigenvalue weighted by molar-refractivity contribution is 14.1. The van der Waals surface area contributed by atoms with Crippen LogP contribution in [0.5, 0.6) is 0 Å². The molecule has 19 heavy (non-hydrogen) atoms. The van der Waals surface area contributed by atoms with Crippen molar-refractivity contribution in [1.29, 1.82) is 0 Å². The summed E-state index contributed by atoms with van der Waals surface area (Å²) < 4.78 is 15.9. The molecule has 2 nitrogen and oxygen atoms in total. The van der Waals surface area contributed by atoms with Crippen LogP contribution in [-0.4, -0.2) is 5.91 Å². The van der Waals surface area contributed by atoms with Gasteiger partial charge in [-0.05, 0) is 74.9 Å². The number of carbonyl (C=O) groups excluding carboxylic acids is 1. The summed E-state index contributed by atoms with van der Waals surface area (Å²) in [7, 11) is 0. The first-order valence-electron chi connectivity index (χ1n) is 5.19. The van der Waals surface area contributed by atoms with Crippen LogP contribution in [-0.2, 0) is 0 Å². The van der Waals surface area contributed by atoms with Gasteiger partial charge < -0.3 is 5.32 Å². The van der Waals surface area contributed by atoms with Gasteiger partial charge in [0.2, 0.25) is 0 Å². The maximum atomic E-state index is 13.6. The molecule has 0 unspecified atom stereocenters. The molecule has 0 fully saturated rings. The molecule has 0 atom stereocenters. The van der Waals surface area contributed by atoms with Crippen molar-refractivity contribution in [1.82, 2.24) is 0 Å². The third-order valence-electron chi connectivity index (χ3n) is 2.35. The standard InChI is InChI=1S/C13H7Br2FINO/c14-7-1-4-12(11(16)5-7)18-13(19)9-6-8(17)2-3-10(9)15/h1-6H,(H,18,19). The zero-order chi connectivity index (χ0) is 14.0. The minimum Gasteiger partial charge on any atom is -0.319 e. The molecule has 0 saturated heterocycles. The highest BCUT2D eigenvalue weighted by Gasteiger charge is 2.13. The molecule has 0 aliphatic heterocycles. The molecule has 0 aromatic heterocycles. The Bertz CT molecular complexity index is 649. The van der Waals surface area contributed by atoms with Gasteiger partial charge >= 0.3 is 0 Å². The largest absolute Gasteiger partial charge is 0.319 e. The number of nitrogens with one attached hydrogen (secondary N) is 1. The summed E-state index contributed by atoms with van der Waals surface area (Å²) in [6, 6.07) is 9.88. The Balaban J connectivity index is 2.28. The third-order valence-corrected chi connectivity index (χ3v) is 4.21. The zero-order valence-corrected chi connectivity index (χ0v) is 14.7. The van der Waals surface area contributed by atoms with Crippen LogP contribution in [0.2, 0.25) is 0 Å². The summed E-state index contributed by atoms with van der Waals surface area (Å²) in [5, 5.41) is 2.55. The Morgan fingerprint density at radius 3 is 2.58 bits per heavy atom. The Morgan fingerprint density at radius 1 is 1.16 bits per heavy atom. The van der Waals surface area contributed by atoms with E-state index in [2.05, 4.69) is 59.8 Å². The lowest BCUT2D eigenvalue weighted by Crippen LogP contribution is -2.13. The molecule has 0 aliphatic carbocycles. The average Bonchev–Trinajstić information content (AvgIpc) is 2.35. The van der Waals surface area contributed by atoms with Gasteiger partial charge in [0.15, 0.2) is 0 Å². The van der Waals surface area contributed by atoms with Crippen molar-refractivity contribution in [2.45, 2.75) is 0 Å². The van der Waals surface area contributed by atoms with Crippen LogP contribution < -0.4 is 5.32 Å². The number of hydrogen-bond acceptors (Lipinski definition) is 1. The van der Waals surface area contributed by atoms with E-state index in [-0.39, 0.29) is 11.6 Å². The summed E-state index contributed by atoms with van der Waals surface area (Å²) >= 11 is 8.59. The van der Waals surface area contributed by atoms with E-state index in [1.165, 1.54) is 12.1 Å². The number of amides is 1. The van der Waals surface area contributed by atoms with Crippen molar-refractivity contribution in [2.24, 2.45) is 0 Å². The van der Waals surface area contributed by atoms with Crippen molar-refractivity contribution in [3.63, 3.8) is 0 Å². The molecular formula is C13H7Br2FINO. The van der Waals surface area contributed by atoms with Gasteiger partial charge in [0.05, 0.1) is 11.3 Å². The predicted molar refractivity (Wildman–Crippen MR) is 88.9 cm³/mol. The first kappa shape index (κ1) is 14.9. The molecule has 0 saturated carbocycles. The van der Waals surface area contributed by atoms with Crippen molar-refractivity contribution in [3.8, 4) is 0 Å². The Hall–Kier alpha value is -0.470. The molecule has 0 radical (unpaired) electrons. The van der Waals surface area contributed by atoms with Crippen LogP contribution in [0.25, 0.3) is 0 Å². The fourth-order valence-corrected chi connectivity index (χ4v) is 2.70.